The average molecular weight is 326 g/mol. The third-order valence-corrected chi connectivity index (χ3v) is 4.74. The lowest BCUT2D eigenvalue weighted by Gasteiger charge is -2.14. The molecule has 0 aromatic heterocycles. The van der Waals surface area contributed by atoms with Crippen molar-refractivity contribution in [2.24, 2.45) is 5.16 Å². The Morgan fingerprint density at radius 3 is 2.83 bits per heavy atom. The molecule has 3 rings (SSSR count). The predicted octanol–water partition coefficient (Wildman–Crippen LogP) is 3.34. The molecule has 0 amide bonds. The average Bonchev–Trinajstić information content (AvgIpc) is 3.19. The molecule has 1 saturated heterocycles. The minimum Gasteiger partial charge on any atom is -0.366 e. The number of carbonyl (C=O) groups is 1. The van der Waals surface area contributed by atoms with E-state index in [4.69, 9.17) is 4.84 Å². The van der Waals surface area contributed by atoms with Gasteiger partial charge in [-0.15, -0.1) is 11.8 Å². The number of oxime groups is 1. The van der Waals surface area contributed by atoms with E-state index in [9.17, 15) is 4.79 Å². The molecule has 118 valence electrons. The Hall–Kier alpha value is -2.27. The van der Waals surface area contributed by atoms with E-state index in [2.05, 4.69) is 23.1 Å². The van der Waals surface area contributed by atoms with Gasteiger partial charge >= 0.3 is 5.97 Å². The van der Waals surface area contributed by atoms with Gasteiger partial charge < -0.3 is 9.74 Å². The first-order valence-corrected chi connectivity index (χ1v) is 8.59. The van der Waals surface area contributed by atoms with E-state index in [1.54, 1.807) is 6.08 Å². The predicted molar refractivity (Wildman–Crippen MR) is 94.1 cm³/mol. The van der Waals surface area contributed by atoms with E-state index in [1.165, 1.54) is 5.03 Å². The van der Waals surface area contributed by atoms with Gasteiger partial charge in [0.05, 0.1) is 10.6 Å². The first-order valence-electron chi connectivity index (χ1n) is 7.61. The highest BCUT2D eigenvalue weighted by molar-refractivity contribution is 8.03. The fourth-order valence-electron chi connectivity index (χ4n) is 2.45. The first kappa shape index (κ1) is 15.6. The third-order valence-electron chi connectivity index (χ3n) is 3.66. The van der Waals surface area contributed by atoms with E-state index >= 15 is 0 Å². The lowest BCUT2D eigenvalue weighted by Crippen LogP contribution is -2.16. The van der Waals surface area contributed by atoms with Gasteiger partial charge in [0.1, 0.15) is 5.71 Å². The largest absolute Gasteiger partial charge is 0.368 e. The molecule has 0 bridgehead atoms. The number of thioether (sulfide) groups is 1. The van der Waals surface area contributed by atoms with Crippen LogP contribution in [-0.2, 0) is 9.63 Å². The molecule has 0 saturated carbocycles. The van der Waals surface area contributed by atoms with Gasteiger partial charge in [-0.05, 0) is 19.1 Å². The molecule has 0 spiro atoms. The lowest BCUT2D eigenvalue weighted by molar-refractivity contribution is -0.136. The summed E-state index contributed by atoms with van der Waals surface area (Å²) in [5, 5.41) is 5.16. The minimum atomic E-state index is -0.411. The maximum Gasteiger partial charge on any atom is 0.368 e. The van der Waals surface area contributed by atoms with E-state index in [0.717, 1.165) is 24.4 Å². The van der Waals surface area contributed by atoms with Crippen LogP contribution in [0.5, 0.6) is 0 Å². The normalized spacial score (nSPS) is 21.5. The molecule has 1 fully saturated rings. The van der Waals surface area contributed by atoms with Gasteiger partial charge in [0.25, 0.3) is 0 Å². The second-order valence-electron chi connectivity index (χ2n) is 5.08. The zero-order valence-corrected chi connectivity index (χ0v) is 13.8. The van der Waals surface area contributed by atoms with Crippen LogP contribution >= 0.6 is 11.8 Å². The maximum atomic E-state index is 11.8. The third kappa shape index (κ3) is 3.56. The summed E-state index contributed by atoms with van der Waals surface area (Å²) in [6, 6.07) is 9.57. The Bertz CT molecular complexity index is 705. The Kier molecular flexibility index (Phi) is 4.98. The van der Waals surface area contributed by atoms with Crippen molar-refractivity contribution >= 4 is 23.4 Å². The molecule has 1 aromatic rings. The molecular weight excluding hydrogens is 308 g/mol. The minimum absolute atomic E-state index is 0.411. The van der Waals surface area contributed by atoms with Crippen LogP contribution in [0.25, 0.3) is 0 Å². The van der Waals surface area contributed by atoms with Crippen molar-refractivity contribution in [1.82, 2.24) is 4.90 Å². The topological polar surface area (TPSA) is 41.9 Å². The number of benzene rings is 1. The zero-order valence-electron chi connectivity index (χ0n) is 12.9. The molecule has 0 unspecified atom stereocenters. The number of carbonyl (C=O) groups excluding carboxylic acids is 1. The van der Waals surface area contributed by atoms with Crippen LogP contribution in [0.1, 0.15) is 12.5 Å². The van der Waals surface area contributed by atoms with E-state index in [0.29, 0.717) is 11.3 Å². The fraction of sp³-hybridized carbons (Fsp3) is 0.222. The highest BCUT2D eigenvalue weighted by atomic mass is 32.2. The quantitative estimate of drug-likeness (QED) is 0.629. The molecule has 0 atom stereocenters. The second kappa shape index (κ2) is 7.33. The van der Waals surface area contributed by atoms with Crippen molar-refractivity contribution in [2.75, 3.05) is 18.8 Å². The lowest BCUT2D eigenvalue weighted by atomic mass is 10.0. The molecule has 0 aliphatic carbocycles. The van der Waals surface area contributed by atoms with E-state index in [1.807, 2.05) is 54.2 Å². The van der Waals surface area contributed by atoms with Crippen LogP contribution in [0.15, 0.2) is 70.4 Å². The standard InChI is InChI=1S/C18H18N2O2S/c1-2-20-12-13-23-16(20)11-7-6-10-15-17(19-22-18(15)21)14-8-4-3-5-9-14/h3-11H,2,12-13H2,1H3/b7-6+,15-10-,16-11-. The van der Waals surface area contributed by atoms with Gasteiger partial charge in [-0.1, -0.05) is 47.6 Å². The Balaban J connectivity index is 1.76. The Morgan fingerprint density at radius 2 is 2.04 bits per heavy atom. The molecule has 2 heterocycles. The number of nitrogens with zero attached hydrogens (tertiary/aromatic N) is 2. The zero-order chi connectivity index (χ0) is 16.1. The summed E-state index contributed by atoms with van der Waals surface area (Å²) in [5.74, 6) is 0.720. The van der Waals surface area contributed by atoms with Crippen LogP contribution in [0.3, 0.4) is 0 Å². The summed E-state index contributed by atoms with van der Waals surface area (Å²) < 4.78 is 0. The van der Waals surface area contributed by atoms with Crippen molar-refractivity contribution in [1.29, 1.82) is 0 Å². The molecular formula is C18H18N2O2S. The van der Waals surface area contributed by atoms with Crippen molar-refractivity contribution in [3.05, 3.63) is 70.8 Å². The highest BCUT2D eigenvalue weighted by Gasteiger charge is 2.25. The van der Waals surface area contributed by atoms with Crippen LogP contribution in [0.4, 0.5) is 0 Å². The summed E-state index contributed by atoms with van der Waals surface area (Å²) in [4.78, 5) is 19.0. The van der Waals surface area contributed by atoms with Crippen LogP contribution < -0.4 is 0 Å². The molecule has 23 heavy (non-hydrogen) atoms. The summed E-state index contributed by atoms with van der Waals surface area (Å²) >= 11 is 1.86. The summed E-state index contributed by atoms with van der Waals surface area (Å²) in [5.41, 5.74) is 1.94. The smallest absolute Gasteiger partial charge is 0.366 e. The Morgan fingerprint density at radius 1 is 1.26 bits per heavy atom. The number of hydrogen-bond acceptors (Lipinski definition) is 5. The second-order valence-corrected chi connectivity index (χ2v) is 6.20. The van der Waals surface area contributed by atoms with Gasteiger partial charge in [-0.25, -0.2) is 4.79 Å². The SMILES string of the molecule is CCN1CCS\C1=C/C=C/C=C1\C(=O)ON=C1c1ccccc1. The fourth-order valence-corrected chi connectivity index (χ4v) is 3.55. The molecule has 2 aliphatic rings. The monoisotopic (exact) mass is 326 g/mol. The first-order chi connectivity index (χ1) is 11.3. The van der Waals surface area contributed by atoms with Crippen molar-refractivity contribution in [3.63, 3.8) is 0 Å². The molecule has 1 aromatic carbocycles. The van der Waals surface area contributed by atoms with Crippen molar-refractivity contribution in [2.45, 2.75) is 6.92 Å². The molecule has 0 N–H and O–H groups in total. The van der Waals surface area contributed by atoms with Crippen LogP contribution in [0, 0.1) is 0 Å². The van der Waals surface area contributed by atoms with Gasteiger partial charge in [0.2, 0.25) is 0 Å². The summed E-state index contributed by atoms with van der Waals surface area (Å²) in [6.07, 6.45) is 7.66. The summed E-state index contributed by atoms with van der Waals surface area (Å²) in [7, 11) is 0. The number of hydrogen-bond donors (Lipinski definition) is 0. The highest BCUT2D eigenvalue weighted by Crippen LogP contribution is 2.27. The van der Waals surface area contributed by atoms with Crippen molar-refractivity contribution < 1.29 is 9.63 Å². The van der Waals surface area contributed by atoms with Crippen LogP contribution in [0.2, 0.25) is 0 Å². The number of rotatable bonds is 4. The Labute approximate surface area is 140 Å². The molecule has 4 nitrogen and oxygen atoms in total. The van der Waals surface area contributed by atoms with Crippen molar-refractivity contribution in [3.8, 4) is 0 Å². The molecule has 2 aliphatic heterocycles. The maximum absolute atomic E-state index is 11.8. The van der Waals surface area contributed by atoms with Crippen LogP contribution in [-0.4, -0.2) is 35.4 Å². The number of allylic oxidation sites excluding steroid dienone is 4. The van der Waals surface area contributed by atoms with Gasteiger partial charge in [-0.3, -0.25) is 0 Å². The summed E-state index contributed by atoms with van der Waals surface area (Å²) in [6.45, 7) is 4.27. The molecule has 0 radical (unpaired) electrons. The van der Waals surface area contributed by atoms with Gasteiger partial charge in [0.15, 0.2) is 0 Å². The van der Waals surface area contributed by atoms with E-state index in [-0.39, 0.29) is 0 Å². The van der Waals surface area contributed by atoms with Gasteiger partial charge in [-0.2, -0.15) is 0 Å². The van der Waals surface area contributed by atoms with E-state index < -0.39 is 5.97 Å². The molecule has 5 heteroatoms. The van der Waals surface area contributed by atoms with Gasteiger partial charge in [0, 0.05) is 24.4 Å².